The fraction of sp³-hybridized carbons (Fsp3) is 0.526. The van der Waals surface area contributed by atoms with Crippen molar-refractivity contribution in [1.82, 2.24) is 44.5 Å². The predicted octanol–water partition coefficient (Wildman–Crippen LogP) is -0.0457. The van der Waals surface area contributed by atoms with E-state index in [1.807, 2.05) is 0 Å². The number of alkyl halides is 1. The van der Waals surface area contributed by atoms with Gasteiger partial charge < -0.3 is 34.9 Å². The topological polar surface area (TPSA) is 264 Å². The largest absolute Gasteiger partial charge is 0.386 e. The monoisotopic (exact) mass is 693 g/mol. The van der Waals surface area contributed by atoms with E-state index < -0.39 is 75.2 Å². The summed E-state index contributed by atoms with van der Waals surface area (Å²) in [5, 5.41) is 11.8. The lowest BCUT2D eigenvalue weighted by Gasteiger charge is -2.26. The fourth-order valence-corrected chi connectivity index (χ4v) is 8.05. The minimum Gasteiger partial charge on any atom is -0.381 e. The minimum absolute atomic E-state index is 0.108. The van der Waals surface area contributed by atoms with Crippen LogP contribution >= 0.6 is 25.8 Å². The number of nitrogens with zero attached hydrogens (tertiary/aromatic N) is 8. The summed E-state index contributed by atoms with van der Waals surface area (Å²) in [5.74, 6) is -0.129. The molecule has 0 aromatic carbocycles. The van der Waals surface area contributed by atoms with Crippen LogP contribution in [0.5, 0.6) is 0 Å². The Kier molecular flexibility index (Phi) is 7.49. The van der Waals surface area contributed by atoms with Crippen LogP contribution in [0.1, 0.15) is 24.4 Å². The van der Waals surface area contributed by atoms with Gasteiger partial charge in [0.1, 0.15) is 30.7 Å². The Labute approximate surface area is 254 Å². The van der Waals surface area contributed by atoms with Crippen molar-refractivity contribution >= 4 is 66.1 Å². The van der Waals surface area contributed by atoms with Crippen LogP contribution in [0.2, 0.25) is 0 Å². The molecule has 6 N–H and O–H groups in total. The molecule has 0 spiro atoms. The Morgan fingerprint density at radius 3 is 2.75 bits per heavy atom. The third-order valence-electron chi connectivity index (χ3n) is 7.07. The third-order valence-corrected chi connectivity index (χ3v) is 10.3. The highest BCUT2D eigenvalue weighted by molar-refractivity contribution is 8.44. The number of H-pyrrole nitrogens is 1. The van der Waals surface area contributed by atoms with Crippen molar-refractivity contribution in [3.8, 4) is 0 Å². The van der Waals surface area contributed by atoms with E-state index in [0.29, 0.717) is 11.3 Å². The van der Waals surface area contributed by atoms with Crippen molar-refractivity contribution in [3.05, 3.63) is 28.6 Å². The van der Waals surface area contributed by atoms with Crippen molar-refractivity contribution in [2.24, 2.45) is 0 Å². The maximum absolute atomic E-state index is 15.8. The molecule has 7 heterocycles. The van der Waals surface area contributed by atoms with Crippen LogP contribution in [0.25, 0.3) is 16.8 Å². The van der Waals surface area contributed by atoms with E-state index in [-0.39, 0.29) is 29.4 Å². The van der Waals surface area contributed by atoms with Crippen LogP contribution in [-0.4, -0.2) is 93.2 Å². The van der Waals surface area contributed by atoms with Crippen molar-refractivity contribution in [1.29, 1.82) is 0 Å². The lowest BCUT2D eigenvalue weighted by atomic mass is 10.1. The van der Waals surface area contributed by atoms with Gasteiger partial charge in [-0.05, 0) is 11.8 Å². The first kappa shape index (κ1) is 30.0. The van der Waals surface area contributed by atoms with E-state index in [9.17, 15) is 14.3 Å². The van der Waals surface area contributed by atoms with Crippen LogP contribution in [0.15, 0.2) is 17.3 Å². The summed E-state index contributed by atoms with van der Waals surface area (Å²) in [4.78, 5) is 37.6. The molecule has 3 fully saturated rings. The first-order chi connectivity index (χ1) is 20.9. The number of hydrogen-bond donors (Lipinski definition) is 5. The van der Waals surface area contributed by atoms with E-state index in [1.54, 1.807) is 0 Å². The standard InChI is InChI=1S/C19H22FN11O9P2S2/c20-11-10-4-36-41(33,43)39-8-1-7(6-2-23-16-14(21)24-5-25-30(6)16)37-9(8)3-35-42(34,44)40-13(11)18(38-10)31-15-12(28-29-31)17(32)27-19(22)26-15/h2,5,7-11,13,18H,1,3-4H2,(H,33,43)(H,34,44)(H2,21,24,25)(H3,22,26,27,32)/t7-,8+,9-,10-,11+,13-,18-,41?,42?/m1/s1. The summed E-state index contributed by atoms with van der Waals surface area (Å²) in [5.41, 5.74) is 11.2. The molecule has 0 aliphatic carbocycles. The highest BCUT2D eigenvalue weighted by atomic mass is 32.7. The molecule has 7 rings (SSSR count). The zero-order valence-electron chi connectivity index (χ0n) is 21.9. The Balaban J connectivity index is 1.19. The molecule has 25 heteroatoms. The number of aromatic amines is 1. The van der Waals surface area contributed by atoms with Gasteiger partial charge in [0, 0.05) is 6.42 Å². The Hall–Kier alpha value is -2.69. The van der Waals surface area contributed by atoms with E-state index in [4.69, 9.17) is 50.8 Å². The molecule has 3 aliphatic heterocycles. The zero-order chi connectivity index (χ0) is 31.0. The average Bonchev–Trinajstić information content (AvgIpc) is 3.72. The lowest BCUT2D eigenvalue weighted by molar-refractivity contribution is -0.0589. The van der Waals surface area contributed by atoms with Gasteiger partial charge in [-0.2, -0.15) is 14.8 Å². The van der Waals surface area contributed by atoms with Crippen molar-refractivity contribution < 1.29 is 41.4 Å². The summed E-state index contributed by atoms with van der Waals surface area (Å²) < 4.78 is 65.8. The first-order valence-electron chi connectivity index (χ1n) is 12.7. The van der Waals surface area contributed by atoms with Crippen LogP contribution in [0.3, 0.4) is 0 Å². The highest BCUT2D eigenvalue weighted by Crippen LogP contribution is 2.58. The molecule has 44 heavy (non-hydrogen) atoms. The van der Waals surface area contributed by atoms with Gasteiger partial charge in [0.05, 0.1) is 31.2 Å². The number of nitrogens with two attached hydrogens (primary N) is 2. The van der Waals surface area contributed by atoms with Crippen molar-refractivity contribution in [2.45, 2.75) is 49.3 Å². The van der Waals surface area contributed by atoms with Crippen LogP contribution < -0.4 is 17.0 Å². The Morgan fingerprint density at radius 1 is 1.14 bits per heavy atom. The van der Waals surface area contributed by atoms with Gasteiger partial charge in [-0.1, -0.05) is 17.5 Å². The van der Waals surface area contributed by atoms with Gasteiger partial charge in [0.2, 0.25) is 5.95 Å². The summed E-state index contributed by atoms with van der Waals surface area (Å²) in [6.45, 7) is -9.50. The van der Waals surface area contributed by atoms with Gasteiger partial charge in [-0.25, -0.2) is 23.4 Å². The van der Waals surface area contributed by atoms with E-state index in [2.05, 4.69) is 47.6 Å². The van der Waals surface area contributed by atoms with E-state index in [0.717, 1.165) is 4.68 Å². The van der Waals surface area contributed by atoms with Gasteiger partial charge in [-0.15, -0.1) is 5.10 Å². The summed E-state index contributed by atoms with van der Waals surface area (Å²) in [7, 11) is 0. The van der Waals surface area contributed by atoms with E-state index >= 15 is 4.39 Å². The van der Waals surface area contributed by atoms with Gasteiger partial charge in [0.25, 0.3) is 5.56 Å². The molecule has 4 aromatic heterocycles. The van der Waals surface area contributed by atoms with Crippen molar-refractivity contribution in [3.63, 3.8) is 0 Å². The first-order valence-corrected chi connectivity index (χ1v) is 18.0. The van der Waals surface area contributed by atoms with E-state index in [1.165, 1.54) is 17.0 Å². The molecule has 2 unspecified atom stereocenters. The second-order valence-electron chi connectivity index (χ2n) is 9.87. The average molecular weight is 694 g/mol. The van der Waals surface area contributed by atoms with Gasteiger partial charge in [0.15, 0.2) is 35.0 Å². The number of hydrogen-bond acceptors (Lipinski definition) is 17. The maximum atomic E-state index is 15.8. The zero-order valence-corrected chi connectivity index (χ0v) is 25.4. The third kappa shape index (κ3) is 5.41. The number of thiol groups is 1. The number of aromatic nitrogens is 9. The Morgan fingerprint density at radius 2 is 1.93 bits per heavy atom. The van der Waals surface area contributed by atoms with Gasteiger partial charge >= 0.3 is 13.5 Å². The number of rotatable bonds is 2. The maximum Gasteiger partial charge on any atom is 0.386 e. The molecule has 0 radical (unpaired) electrons. The summed E-state index contributed by atoms with van der Waals surface area (Å²) in [6.07, 6.45) is -6.53. The quantitative estimate of drug-likeness (QED) is 0.136. The minimum atomic E-state index is -4.37. The number of imidazole rings is 1. The molecule has 3 aliphatic rings. The number of nitrogens with one attached hydrogen (secondary N) is 1. The number of fused-ring (bicyclic) bond motifs is 5. The normalized spacial score (nSPS) is 36.6. The predicted molar refractivity (Wildman–Crippen MR) is 151 cm³/mol. The second kappa shape index (κ2) is 11.0. The SMILES string of the molecule is Nc1nc2c(nnn2[C@@H]2O[C@@H]3COP(O)(=S)O[C@H]4C[C@H](c5cnc6c(N)ncnn56)O[C@@H]4COP(=O)(S)O[C@@H]2[C@H]3F)c(=O)[nH]1. The molecule has 0 saturated carbocycles. The molecular weight excluding hydrogens is 671 g/mol. The summed E-state index contributed by atoms with van der Waals surface area (Å²) >= 11 is 9.26. The number of halogens is 1. The molecule has 4 aromatic rings. The number of anilines is 2. The molecule has 20 nitrogen and oxygen atoms in total. The molecule has 236 valence electrons. The highest BCUT2D eigenvalue weighted by Gasteiger charge is 2.52. The summed E-state index contributed by atoms with van der Waals surface area (Å²) in [6, 6.07) is 0. The lowest BCUT2D eigenvalue weighted by Crippen LogP contribution is -2.32. The molecule has 0 amide bonds. The van der Waals surface area contributed by atoms with Crippen LogP contribution in [0, 0.1) is 0 Å². The molecular formula is C19H22FN11O9P2S2. The van der Waals surface area contributed by atoms with Crippen LogP contribution in [-0.2, 0) is 43.9 Å². The molecule has 2 bridgehead atoms. The smallest absolute Gasteiger partial charge is 0.381 e. The van der Waals surface area contributed by atoms with Gasteiger partial charge in [-0.3, -0.25) is 18.8 Å². The van der Waals surface area contributed by atoms with Crippen LogP contribution in [0.4, 0.5) is 16.2 Å². The Bertz CT molecular complexity index is 1910. The number of ether oxygens (including phenoxy) is 2. The second-order valence-corrected chi connectivity index (χ2v) is 15.5. The molecule has 9 atom stereocenters. The molecule has 3 saturated heterocycles. The number of nitrogen functional groups attached to an aromatic ring is 2. The van der Waals surface area contributed by atoms with Crippen molar-refractivity contribution in [2.75, 3.05) is 24.7 Å². The fourth-order valence-electron chi connectivity index (χ4n) is 5.13.